The van der Waals surface area contributed by atoms with Crippen LogP contribution in [0, 0.1) is 5.82 Å². The molecule has 2 aromatic carbocycles. The zero-order valence-electron chi connectivity index (χ0n) is 14.5. The first-order valence-electron chi connectivity index (χ1n) is 7.95. The summed E-state index contributed by atoms with van der Waals surface area (Å²) in [6.07, 6.45) is 0.545. The van der Waals surface area contributed by atoms with Crippen LogP contribution in [-0.2, 0) is 11.2 Å². The Morgan fingerprint density at radius 2 is 1.80 bits per heavy atom. The number of hydrogen-bond acceptors (Lipinski definition) is 3. The number of carbonyl (C=O) groups excluding carboxylic acids is 2. The molecule has 2 amide bonds. The number of hydrogen-bond donors (Lipinski definition) is 2. The van der Waals surface area contributed by atoms with Crippen LogP contribution >= 0.6 is 0 Å². The first-order chi connectivity index (χ1) is 11.9. The standard InChI is InChI=1S/C19H22FN3O2/c1-21-18(24)15-12-14(9-10-16(15)20)22-19(25)17(23(2)3)11-13-7-5-4-6-8-13/h4-10,12,17H,11H2,1-3H3,(H,21,24)(H,22,25). The molecule has 0 radical (unpaired) electrons. The van der Waals surface area contributed by atoms with E-state index in [9.17, 15) is 14.0 Å². The number of amides is 2. The van der Waals surface area contributed by atoms with Gasteiger partial charge in [0.25, 0.3) is 5.91 Å². The molecule has 0 spiro atoms. The van der Waals surface area contributed by atoms with Crippen LogP contribution in [0.25, 0.3) is 0 Å². The Kier molecular flexibility index (Phi) is 6.25. The minimum absolute atomic E-state index is 0.107. The Labute approximate surface area is 146 Å². The molecule has 2 aromatic rings. The van der Waals surface area contributed by atoms with E-state index in [-0.39, 0.29) is 11.5 Å². The van der Waals surface area contributed by atoms with Crippen molar-refractivity contribution in [3.05, 3.63) is 65.5 Å². The normalized spacial score (nSPS) is 11.9. The molecule has 1 atom stereocenters. The van der Waals surface area contributed by atoms with Gasteiger partial charge in [0.15, 0.2) is 0 Å². The third kappa shape index (κ3) is 4.87. The lowest BCUT2D eigenvalue weighted by atomic mass is 10.0. The highest BCUT2D eigenvalue weighted by Crippen LogP contribution is 2.16. The summed E-state index contributed by atoms with van der Waals surface area (Å²) in [5.74, 6) is -1.39. The van der Waals surface area contributed by atoms with Crippen molar-refractivity contribution in [2.24, 2.45) is 0 Å². The highest BCUT2D eigenvalue weighted by molar-refractivity contribution is 5.98. The van der Waals surface area contributed by atoms with Gasteiger partial charge in [-0.15, -0.1) is 0 Å². The molecular formula is C19H22FN3O2. The number of benzene rings is 2. The molecule has 0 aliphatic heterocycles. The van der Waals surface area contributed by atoms with E-state index in [0.29, 0.717) is 12.1 Å². The number of nitrogens with one attached hydrogen (secondary N) is 2. The van der Waals surface area contributed by atoms with E-state index in [4.69, 9.17) is 0 Å². The summed E-state index contributed by atoms with van der Waals surface area (Å²) in [5, 5.41) is 5.14. The number of likely N-dealkylation sites (N-methyl/N-ethyl adjacent to an activating group) is 1. The van der Waals surface area contributed by atoms with Crippen LogP contribution in [0.5, 0.6) is 0 Å². The van der Waals surface area contributed by atoms with E-state index in [1.165, 1.54) is 25.2 Å². The van der Waals surface area contributed by atoms with Crippen LogP contribution in [0.15, 0.2) is 48.5 Å². The van der Waals surface area contributed by atoms with Crippen molar-refractivity contribution in [3.8, 4) is 0 Å². The van der Waals surface area contributed by atoms with Crippen LogP contribution in [0.2, 0.25) is 0 Å². The van der Waals surface area contributed by atoms with Gasteiger partial charge in [-0.1, -0.05) is 30.3 Å². The molecule has 2 N–H and O–H groups in total. The predicted molar refractivity (Wildman–Crippen MR) is 96.0 cm³/mol. The van der Waals surface area contributed by atoms with E-state index >= 15 is 0 Å². The summed E-state index contributed by atoms with van der Waals surface area (Å²) >= 11 is 0. The second-order valence-corrected chi connectivity index (χ2v) is 5.93. The maximum Gasteiger partial charge on any atom is 0.254 e. The van der Waals surface area contributed by atoms with Gasteiger partial charge in [0, 0.05) is 12.7 Å². The van der Waals surface area contributed by atoms with Crippen molar-refractivity contribution in [1.82, 2.24) is 10.2 Å². The van der Waals surface area contributed by atoms with Gasteiger partial charge in [-0.25, -0.2) is 4.39 Å². The van der Waals surface area contributed by atoms with Gasteiger partial charge in [-0.3, -0.25) is 14.5 Å². The van der Waals surface area contributed by atoms with Crippen molar-refractivity contribution in [2.45, 2.75) is 12.5 Å². The monoisotopic (exact) mass is 343 g/mol. The molecule has 132 valence electrons. The second kappa shape index (κ2) is 8.39. The van der Waals surface area contributed by atoms with Crippen LogP contribution in [-0.4, -0.2) is 43.9 Å². The van der Waals surface area contributed by atoms with Gasteiger partial charge >= 0.3 is 0 Å². The fraction of sp³-hybridized carbons (Fsp3) is 0.263. The predicted octanol–water partition coefficient (Wildman–Crippen LogP) is 2.30. The summed E-state index contributed by atoms with van der Waals surface area (Å²) in [7, 11) is 5.08. The average molecular weight is 343 g/mol. The molecule has 1 unspecified atom stereocenters. The fourth-order valence-electron chi connectivity index (χ4n) is 2.48. The highest BCUT2D eigenvalue weighted by atomic mass is 19.1. The van der Waals surface area contributed by atoms with E-state index in [2.05, 4.69) is 10.6 Å². The molecule has 0 aliphatic carbocycles. The van der Waals surface area contributed by atoms with Gasteiger partial charge in [-0.05, 0) is 44.3 Å². The maximum absolute atomic E-state index is 13.7. The Balaban J connectivity index is 2.17. The Bertz CT molecular complexity index is 748. The molecule has 0 saturated heterocycles. The molecule has 2 rings (SSSR count). The van der Waals surface area contributed by atoms with Crippen LogP contribution in [0.4, 0.5) is 10.1 Å². The summed E-state index contributed by atoms with van der Waals surface area (Å²) in [5.41, 5.74) is 1.32. The third-order valence-electron chi connectivity index (χ3n) is 3.90. The van der Waals surface area contributed by atoms with Crippen molar-refractivity contribution in [1.29, 1.82) is 0 Å². The minimum Gasteiger partial charge on any atom is -0.355 e. The third-order valence-corrected chi connectivity index (χ3v) is 3.90. The molecule has 0 bridgehead atoms. The van der Waals surface area contributed by atoms with Crippen LogP contribution < -0.4 is 10.6 Å². The van der Waals surface area contributed by atoms with Gasteiger partial charge in [-0.2, -0.15) is 0 Å². The number of halogens is 1. The first kappa shape index (κ1) is 18.6. The average Bonchev–Trinajstić information content (AvgIpc) is 2.61. The molecular weight excluding hydrogens is 321 g/mol. The fourth-order valence-corrected chi connectivity index (χ4v) is 2.48. The first-order valence-corrected chi connectivity index (χ1v) is 7.95. The van der Waals surface area contributed by atoms with Gasteiger partial charge in [0.05, 0.1) is 11.6 Å². The Morgan fingerprint density at radius 1 is 1.12 bits per heavy atom. The summed E-state index contributed by atoms with van der Waals surface area (Å²) in [4.78, 5) is 26.2. The molecule has 0 heterocycles. The molecule has 0 aliphatic rings. The lowest BCUT2D eigenvalue weighted by Gasteiger charge is -2.23. The van der Waals surface area contributed by atoms with Crippen molar-refractivity contribution >= 4 is 17.5 Å². The van der Waals surface area contributed by atoms with Gasteiger partial charge in [0.2, 0.25) is 5.91 Å². The van der Waals surface area contributed by atoms with Gasteiger partial charge < -0.3 is 10.6 Å². The number of anilines is 1. The summed E-state index contributed by atoms with van der Waals surface area (Å²) < 4.78 is 13.7. The van der Waals surface area contributed by atoms with Crippen LogP contribution in [0.1, 0.15) is 15.9 Å². The number of nitrogens with zero attached hydrogens (tertiary/aromatic N) is 1. The molecule has 0 aromatic heterocycles. The number of rotatable bonds is 6. The largest absolute Gasteiger partial charge is 0.355 e. The quantitative estimate of drug-likeness (QED) is 0.846. The molecule has 6 heteroatoms. The number of carbonyl (C=O) groups is 2. The van der Waals surface area contributed by atoms with Crippen molar-refractivity contribution < 1.29 is 14.0 Å². The van der Waals surface area contributed by atoms with Crippen molar-refractivity contribution in [3.63, 3.8) is 0 Å². The zero-order chi connectivity index (χ0) is 18.4. The van der Waals surface area contributed by atoms with E-state index in [1.807, 2.05) is 49.3 Å². The molecule has 0 fully saturated rings. The molecule has 0 saturated carbocycles. The lowest BCUT2D eigenvalue weighted by molar-refractivity contribution is -0.120. The molecule has 5 nitrogen and oxygen atoms in total. The Hall–Kier alpha value is -2.73. The topological polar surface area (TPSA) is 61.4 Å². The van der Waals surface area contributed by atoms with E-state index in [1.54, 1.807) is 0 Å². The second-order valence-electron chi connectivity index (χ2n) is 5.93. The maximum atomic E-state index is 13.7. The smallest absolute Gasteiger partial charge is 0.254 e. The zero-order valence-corrected chi connectivity index (χ0v) is 14.5. The van der Waals surface area contributed by atoms with E-state index in [0.717, 1.165) is 5.56 Å². The minimum atomic E-state index is -0.634. The molecule has 25 heavy (non-hydrogen) atoms. The van der Waals surface area contributed by atoms with Crippen molar-refractivity contribution in [2.75, 3.05) is 26.5 Å². The van der Waals surface area contributed by atoms with Crippen LogP contribution in [0.3, 0.4) is 0 Å². The lowest BCUT2D eigenvalue weighted by Crippen LogP contribution is -2.41. The van der Waals surface area contributed by atoms with Gasteiger partial charge in [0.1, 0.15) is 5.82 Å². The SMILES string of the molecule is CNC(=O)c1cc(NC(=O)C(Cc2ccccc2)N(C)C)ccc1F. The summed E-state index contributed by atoms with van der Waals surface area (Å²) in [6.45, 7) is 0. The Morgan fingerprint density at radius 3 is 2.40 bits per heavy atom. The summed E-state index contributed by atoms with van der Waals surface area (Å²) in [6, 6.07) is 13.3. The highest BCUT2D eigenvalue weighted by Gasteiger charge is 2.22. The van der Waals surface area contributed by atoms with E-state index < -0.39 is 17.8 Å².